The van der Waals surface area contributed by atoms with Gasteiger partial charge in [-0.2, -0.15) is 0 Å². The Kier molecular flexibility index (Phi) is 6.06. The van der Waals surface area contributed by atoms with E-state index in [2.05, 4.69) is 0 Å². The van der Waals surface area contributed by atoms with Crippen LogP contribution in [0.25, 0.3) is 0 Å². The molecule has 1 unspecified atom stereocenters. The molecule has 5 N–H and O–H groups in total. The van der Waals surface area contributed by atoms with Gasteiger partial charge in [0.2, 0.25) is 5.91 Å². The molecule has 1 aromatic rings. The lowest BCUT2D eigenvalue weighted by Gasteiger charge is -2.21. The molecule has 0 saturated heterocycles. The van der Waals surface area contributed by atoms with Crippen molar-refractivity contribution in [2.24, 2.45) is 11.6 Å². The van der Waals surface area contributed by atoms with Crippen molar-refractivity contribution in [3.05, 3.63) is 33.8 Å². The highest BCUT2D eigenvalue weighted by Gasteiger charge is 2.24. The molecule has 6 nitrogen and oxygen atoms in total. The first-order chi connectivity index (χ1) is 9.32. The van der Waals surface area contributed by atoms with Gasteiger partial charge in [-0.05, 0) is 37.0 Å². The third-order valence-corrected chi connectivity index (χ3v) is 3.55. The molecule has 0 heterocycles. The maximum Gasteiger partial charge on any atom is 0.422 e. The molecule has 0 aliphatic rings. The van der Waals surface area contributed by atoms with Gasteiger partial charge in [0.1, 0.15) is 6.04 Å². The van der Waals surface area contributed by atoms with E-state index in [4.69, 9.17) is 39.9 Å². The average Bonchev–Trinajstić information content (AvgIpc) is 2.37. The average molecular weight is 320 g/mol. The number of benzene rings is 1. The second-order valence-electron chi connectivity index (χ2n) is 4.25. The van der Waals surface area contributed by atoms with Crippen molar-refractivity contribution in [1.29, 1.82) is 0 Å². The standard InChI is InChI=1S/C12H15Cl2N3O3/c13-8-5-4-7(6-9(8)14)2-1-3-10(11(15)18)17(16)12(19)20/h4-6,10H,1-3,16H2,(H2,15,18)(H,19,20). The molecule has 0 aliphatic carbocycles. The summed E-state index contributed by atoms with van der Waals surface area (Å²) in [6, 6.07) is 4.17. The predicted molar refractivity (Wildman–Crippen MR) is 76.4 cm³/mol. The number of carboxylic acid groups (broad SMARTS) is 1. The van der Waals surface area contributed by atoms with Crippen LogP contribution in [0.15, 0.2) is 18.2 Å². The molecule has 20 heavy (non-hydrogen) atoms. The summed E-state index contributed by atoms with van der Waals surface area (Å²) < 4.78 is 0. The number of halogens is 2. The van der Waals surface area contributed by atoms with Crippen LogP contribution in [0.2, 0.25) is 10.0 Å². The SMILES string of the molecule is NC(=O)C(CCCc1ccc(Cl)c(Cl)c1)N(N)C(=O)O. The van der Waals surface area contributed by atoms with Crippen LogP contribution in [0.4, 0.5) is 4.79 Å². The Morgan fingerprint density at radius 2 is 1.95 bits per heavy atom. The van der Waals surface area contributed by atoms with Gasteiger partial charge in [0.05, 0.1) is 10.0 Å². The van der Waals surface area contributed by atoms with Gasteiger partial charge in [-0.25, -0.2) is 15.6 Å². The van der Waals surface area contributed by atoms with Crippen molar-refractivity contribution in [2.45, 2.75) is 25.3 Å². The number of primary amides is 1. The predicted octanol–water partition coefficient (Wildman–Crippen LogP) is 2.02. The van der Waals surface area contributed by atoms with E-state index < -0.39 is 18.0 Å². The van der Waals surface area contributed by atoms with Crippen LogP contribution in [0.1, 0.15) is 18.4 Å². The minimum Gasteiger partial charge on any atom is -0.464 e. The van der Waals surface area contributed by atoms with Gasteiger partial charge in [0, 0.05) is 0 Å². The summed E-state index contributed by atoms with van der Waals surface area (Å²) in [5.74, 6) is 4.51. The summed E-state index contributed by atoms with van der Waals surface area (Å²) in [6.45, 7) is 0. The van der Waals surface area contributed by atoms with Gasteiger partial charge in [0.25, 0.3) is 0 Å². The number of carbonyl (C=O) groups is 2. The lowest BCUT2D eigenvalue weighted by Crippen LogP contribution is -2.51. The van der Waals surface area contributed by atoms with Crippen molar-refractivity contribution in [2.75, 3.05) is 0 Å². The van der Waals surface area contributed by atoms with Crippen LogP contribution in [0.5, 0.6) is 0 Å². The second kappa shape index (κ2) is 7.33. The Morgan fingerprint density at radius 1 is 1.30 bits per heavy atom. The molecule has 0 bridgehead atoms. The Labute approximate surface area is 126 Å². The Bertz CT molecular complexity index is 511. The van der Waals surface area contributed by atoms with Crippen molar-refractivity contribution in [3.63, 3.8) is 0 Å². The van der Waals surface area contributed by atoms with Crippen LogP contribution in [0, 0.1) is 0 Å². The summed E-state index contributed by atoms with van der Waals surface area (Å²) in [6.07, 6.45) is -0.0256. The number of amides is 2. The van der Waals surface area contributed by atoms with Crippen LogP contribution in [0.3, 0.4) is 0 Å². The summed E-state index contributed by atoms with van der Waals surface area (Å²) in [5.41, 5.74) is 6.07. The van der Waals surface area contributed by atoms with E-state index in [0.717, 1.165) is 5.56 Å². The van der Waals surface area contributed by atoms with Crippen LogP contribution < -0.4 is 11.6 Å². The normalized spacial score (nSPS) is 11.9. The zero-order valence-electron chi connectivity index (χ0n) is 10.6. The minimum atomic E-state index is -1.40. The molecule has 8 heteroatoms. The van der Waals surface area contributed by atoms with Gasteiger partial charge in [0.15, 0.2) is 0 Å². The van der Waals surface area contributed by atoms with Gasteiger partial charge < -0.3 is 10.8 Å². The number of carbonyl (C=O) groups excluding carboxylic acids is 1. The first kappa shape index (κ1) is 16.6. The highest BCUT2D eigenvalue weighted by molar-refractivity contribution is 6.42. The number of aryl methyl sites for hydroxylation is 1. The monoisotopic (exact) mass is 319 g/mol. The van der Waals surface area contributed by atoms with Crippen LogP contribution >= 0.6 is 23.2 Å². The van der Waals surface area contributed by atoms with Crippen molar-refractivity contribution in [1.82, 2.24) is 5.01 Å². The summed E-state index contributed by atoms with van der Waals surface area (Å²) in [4.78, 5) is 21.9. The molecule has 1 atom stereocenters. The second-order valence-corrected chi connectivity index (χ2v) is 5.06. The molecule has 1 aromatic carbocycles. The molecule has 0 aromatic heterocycles. The summed E-state index contributed by atoms with van der Waals surface area (Å²) in [5, 5.41) is 10.1. The van der Waals surface area contributed by atoms with Crippen LogP contribution in [-0.4, -0.2) is 28.2 Å². The van der Waals surface area contributed by atoms with E-state index >= 15 is 0 Å². The fraction of sp³-hybridized carbons (Fsp3) is 0.333. The molecule has 0 spiro atoms. The molecule has 2 amide bonds. The third kappa shape index (κ3) is 4.56. The molecule has 0 radical (unpaired) electrons. The first-order valence-corrected chi connectivity index (χ1v) is 6.58. The van der Waals surface area contributed by atoms with E-state index in [1.807, 2.05) is 6.07 Å². The van der Waals surface area contributed by atoms with E-state index in [1.165, 1.54) is 0 Å². The van der Waals surface area contributed by atoms with Crippen molar-refractivity contribution in [3.8, 4) is 0 Å². The fourth-order valence-electron chi connectivity index (χ4n) is 1.75. The highest BCUT2D eigenvalue weighted by Crippen LogP contribution is 2.23. The van der Waals surface area contributed by atoms with Gasteiger partial charge in [-0.1, -0.05) is 29.3 Å². The number of hydrazine groups is 1. The van der Waals surface area contributed by atoms with E-state index in [1.54, 1.807) is 12.1 Å². The molecule has 110 valence electrons. The molecule has 0 aliphatic heterocycles. The molecule has 0 saturated carbocycles. The highest BCUT2D eigenvalue weighted by atomic mass is 35.5. The van der Waals surface area contributed by atoms with E-state index in [-0.39, 0.29) is 6.42 Å². The molecular weight excluding hydrogens is 305 g/mol. The minimum absolute atomic E-state index is 0.235. The largest absolute Gasteiger partial charge is 0.464 e. The quantitative estimate of drug-likeness (QED) is 0.423. The smallest absolute Gasteiger partial charge is 0.422 e. The van der Waals surface area contributed by atoms with E-state index in [0.29, 0.717) is 27.9 Å². The summed E-state index contributed by atoms with van der Waals surface area (Å²) in [7, 11) is 0. The topological polar surface area (TPSA) is 110 Å². The number of rotatable bonds is 6. The zero-order valence-corrected chi connectivity index (χ0v) is 12.1. The lowest BCUT2D eigenvalue weighted by atomic mass is 10.0. The maximum absolute atomic E-state index is 11.2. The number of nitrogens with two attached hydrogens (primary N) is 2. The van der Waals surface area contributed by atoms with Gasteiger partial charge >= 0.3 is 6.09 Å². The number of hydrogen-bond acceptors (Lipinski definition) is 3. The van der Waals surface area contributed by atoms with Gasteiger partial charge in [-0.3, -0.25) is 4.79 Å². The first-order valence-electron chi connectivity index (χ1n) is 5.83. The number of hydrogen-bond donors (Lipinski definition) is 3. The molecule has 1 rings (SSSR count). The molecular formula is C12H15Cl2N3O3. The van der Waals surface area contributed by atoms with Crippen molar-refractivity contribution >= 4 is 35.2 Å². The zero-order chi connectivity index (χ0) is 15.3. The Morgan fingerprint density at radius 3 is 2.45 bits per heavy atom. The summed E-state index contributed by atoms with van der Waals surface area (Å²) >= 11 is 11.7. The Hall–Kier alpha value is -1.50. The molecule has 0 fully saturated rings. The number of nitrogens with zero attached hydrogens (tertiary/aromatic N) is 1. The lowest BCUT2D eigenvalue weighted by molar-refractivity contribution is -0.123. The van der Waals surface area contributed by atoms with E-state index in [9.17, 15) is 9.59 Å². The van der Waals surface area contributed by atoms with Gasteiger partial charge in [-0.15, -0.1) is 0 Å². The fourth-order valence-corrected chi connectivity index (χ4v) is 2.07. The Balaban J connectivity index is 2.58. The van der Waals surface area contributed by atoms with Crippen molar-refractivity contribution < 1.29 is 14.7 Å². The van der Waals surface area contributed by atoms with Crippen LogP contribution in [-0.2, 0) is 11.2 Å². The third-order valence-electron chi connectivity index (χ3n) is 2.81. The maximum atomic E-state index is 11.2.